The molecule has 2 aromatic rings. The number of para-hydroxylation sites is 1. The Labute approximate surface area is 169 Å². The van der Waals surface area contributed by atoms with Crippen LogP contribution in [-0.4, -0.2) is 61.9 Å². The highest BCUT2D eigenvalue weighted by molar-refractivity contribution is 5.94. The Morgan fingerprint density at radius 1 is 1.10 bits per heavy atom. The normalized spacial score (nSPS) is 14.4. The summed E-state index contributed by atoms with van der Waals surface area (Å²) in [5.41, 5.74) is 1.98. The van der Waals surface area contributed by atoms with Crippen LogP contribution in [0.15, 0.2) is 47.1 Å². The largest absolute Gasteiger partial charge is 0.459 e. The molecule has 0 aliphatic carbocycles. The first kappa shape index (κ1) is 20.6. The number of rotatable bonds is 7. The van der Waals surface area contributed by atoms with E-state index in [2.05, 4.69) is 17.6 Å². The average molecular weight is 399 g/mol. The van der Waals surface area contributed by atoms with E-state index in [0.29, 0.717) is 32.7 Å². The molecule has 29 heavy (non-hydrogen) atoms. The van der Waals surface area contributed by atoms with Crippen molar-refractivity contribution in [1.29, 1.82) is 0 Å². The Morgan fingerprint density at radius 3 is 2.55 bits per heavy atom. The highest BCUT2D eigenvalue weighted by atomic mass is 16.3. The summed E-state index contributed by atoms with van der Waals surface area (Å²) in [5, 5.41) is 5.56. The minimum atomic E-state index is -0.406. The summed E-state index contributed by atoms with van der Waals surface area (Å²) in [7, 11) is 0. The minimum absolute atomic E-state index is 0.0219. The number of furan rings is 1. The zero-order chi connectivity index (χ0) is 20.6. The van der Waals surface area contributed by atoms with Gasteiger partial charge in [-0.05, 0) is 30.2 Å². The highest BCUT2D eigenvalue weighted by Gasteiger charge is 2.25. The van der Waals surface area contributed by atoms with Gasteiger partial charge in [-0.3, -0.25) is 14.4 Å². The summed E-state index contributed by atoms with van der Waals surface area (Å²) < 4.78 is 5.00. The second-order valence-corrected chi connectivity index (χ2v) is 7.03. The number of anilines is 1. The number of nitrogens with one attached hydrogen (secondary N) is 3. The molecule has 3 amide bonds. The molecular formula is C21H27N4O4+. The maximum absolute atomic E-state index is 12.4. The Hall–Kier alpha value is -3.13. The molecule has 1 aliphatic heterocycles. The first-order chi connectivity index (χ1) is 14.1. The van der Waals surface area contributed by atoms with Crippen LogP contribution >= 0.6 is 0 Å². The number of carbonyl (C=O) groups is 3. The second kappa shape index (κ2) is 9.88. The number of quaternary nitrogens is 1. The van der Waals surface area contributed by atoms with Gasteiger partial charge in [-0.1, -0.05) is 25.1 Å². The van der Waals surface area contributed by atoms with Gasteiger partial charge in [0.15, 0.2) is 12.3 Å². The van der Waals surface area contributed by atoms with Gasteiger partial charge in [0.1, 0.15) is 0 Å². The van der Waals surface area contributed by atoms with Gasteiger partial charge in [0, 0.05) is 5.69 Å². The van der Waals surface area contributed by atoms with Crippen molar-refractivity contribution in [1.82, 2.24) is 10.2 Å². The molecule has 1 saturated heterocycles. The molecule has 1 aromatic heterocycles. The van der Waals surface area contributed by atoms with E-state index in [1.165, 1.54) is 6.26 Å². The molecule has 1 fully saturated rings. The summed E-state index contributed by atoms with van der Waals surface area (Å²) in [6.07, 6.45) is 2.27. The van der Waals surface area contributed by atoms with Crippen LogP contribution in [0.25, 0.3) is 0 Å². The second-order valence-electron chi connectivity index (χ2n) is 7.03. The van der Waals surface area contributed by atoms with E-state index in [1.54, 1.807) is 17.0 Å². The van der Waals surface area contributed by atoms with Crippen LogP contribution in [0, 0.1) is 0 Å². The number of piperazine rings is 1. The lowest BCUT2D eigenvalue weighted by Gasteiger charge is -2.32. The van der Waals surface area contributed by atoms with Crippen molar-refractivity contribution in [2.45, 2.75) is 13.3 Å². The zero-order valence-electron chi connectivity index (χ0n) is 16.6. The average Bonchev–Trinajstić information content (AvgIpc) is 3.27. The topological polar surface area (TPSA) is 96.1 Å². The third-order valence-electron chi connectivity index (χ3n) is 5.05. The van der Waals surface area contributed by atoms with Gasteiger partial charge >= 0.3 is 0 Å². The molecule has 3 rings (SSSR count). The maximum Gasteiger partial charge on any atom is 0.287 e. The van der Waals surface area contributed by atoms with E-state index in [9.17, 15) is 14.4 Å². The molecule has 154 valence electrons. The van der Waals surface area contributed by atoms with Crippen molar-refractivity contribution in [3.63, 3.8) is 0 Å². The summed E-state index contributed by atoms with van der Waals surface area (Å²) in [4.78, 5) is 39.4. The van der Waals surface area contributed by atoms with Crippen molar-refractivity contribution in [3.8, 4) is 0 Å². The Morgan fingerprint density at radius 2 is 1.86 bits per heavy atom. The fourth-order valence-corrected chi connectivity index (χ4v) is 3.38. The van der Waals surface area contributed by atoms with E-state index in [4.69, 9.17) is 4.42 Å². The van der Waals surface area contributed by atoms with Crippen molar-refractivity contribution < 1.29 is 23.7 Å². The summed E-state index contributed by atoms with van der Waals surface area (Å²) in [6.45, 7) is 4.87. The lowest BCUT2D eigenvalue weighted by molar-refractivity contribution is -0.895. The molecule has 0 atom stereocenters. The van der Waals surface area contributed by atoms with Gasteiger partial charge in [0.25, 0.3) is 11.8 Å². The van der Waals surface area contributed by atoms with E-state index in [-0.39, 0.29) is 24.1 Å². The van der Waals surface area contributed by atoms with Gasteiger partial charge in [0.2, 0.25) is 5.91 Å². The number of nitrogens with zero attached hydrogens (tertiary/aromatic N) is 1. The molecule has 3 N–H and O–H groups in total. The van der Waals surface area contributed by atoms with Crippen molar-refractivity contribution in [3.05, 3.63) is 54.0 Å². The molecule has 8 nitrogen and oxygen atoms in total. The van der Waals surface area contributed by atoms with Crippen molar-refractivity contribution in [2.75, 3.05) is 44.6 Å². The standard InChI is InChI=1S/C21H26N4O4/c1-2-16-6-3-4-7-17(16)23-19(26)15-24-9-11-25(12-10-24)20(27)14-22-21(28)18-8-5-13-29-18/h3-8,13H,2,9-12,14-15H2,1H3,(H,22,28)(H,23,26)/p+1. The van der Waals surface area contributed by atoms with Crippen LogP contribution in [0.3, 0.4) is 0 Å². The van der Waals surface area contributed by atoms with E-state index in [1.807, 2.05) is 24.3 Å². The number of aryl methyl sites for hydroxylation is 1. The molecule has 0 unspecified atom stereocenters. The van der Waals surface area contributed by atoms with E-state index >= 15 is 0 Å². The molecule has 0 bridgehead atoms. The first-order valence-electron chi connectivity index (χ1n) is 9.87. The number of hydrogen-bond acceptors (Lipinski definition) is 4. The monoisotopic (exact) mass is 399 g/mol. The summed E-state index contributed by atoms with van der Waals surface area (Å²) in [6, 6.07) is 11.0. The number of amides is 3. The van der Waals surface area contributed by atoms with Gasteiger partial charge in [-0.25, -0.2) is 0 Å². The molecular weight excluding hydrogens is 372 g/mol. The number of benzene rings is 1. The lowest BCUT2D eigenvalue weighted by Crippen LogP contribution is -3.15. The van der Waals surface area contributed by atoms with Crippen LogP contribution in [0.4, 0.5) is 5.69 Å². The highest BCUT2D eigenvalue weighted by Crippen LogP contribution is 2.14. The molecule has 2 heterocycles. The Bertz CT molecular complexity index is 842. The van der Waals surface area contributed by atoms with Crippen LogP contribution < -0.4 is 15.5 Å². The van der Waals surface area contributed by atoms with Gasteiger partial charge in [0.05, 0.1) is 39.0 Å². The van der Waals surface area contributed by atoms with Crippen molar-refractivity contribution in [2.24, 2.45) is 0 Å². The first-order valence-corrected chi connectivity index (χ1v) is 9.87. The van der Waals surface area contributed by atoms with Crippen LogP contribution in [0.2, 0.25) is 0 Å². The fraction of sp³-hybridized carbons (Fsp3) is 0.381. The lowest BCUT2D eigenvalue weighted by atomic mass is 10.1. The number of carbonyl (C=O) groups excluding carboxylic acids is 3. The quantitative estimate of drug-likeness (QED) is 0.608. The SMILES string of the molecule is CCc1ccccc1NC(=O)C[NH+]1CCN(C(=O)CNC(=O)c2ccco2)CC1. The predicted octanol–water partition coefficient (Wildman–Crippen LogP) is -0.0624. The maximum atomic E-state index is 12.4. The molecule has 1 aromatic carbocycles. The smallest absolute Gasteiger partial charge is 0.287 e. The summed E-state index contributed by atoms with van der Waals surface area (Å²) >= 11 is 0. The molecule has 8 heteroatoms. The van der Waals surface area contributed by atoms with Gasteiger partial charge < -0.3 is 24.9 Å². The van der Waals surface area contributed by atoms with Crippen LogP contribution in [-0.2, 0) is 16.0 Å². The van der Waals surface area contributed by atoms with Crippen LogP contribution in [0.1, 0.15) is 23.0 Å². The fourth-order valence-electron chi connectivity index (χ4n) is 3.38. The third kappa shape index (κ3) is 5.68. The van der Waals surface area contributed by atoms with Crippen LogP contribution in [0.5, 0.6) is 0 Å². The molecule has 1 aliphatic rings. The van der Waals surface area contributed by atoms with Gasteiger partial charge in [-0.15, -0.1) is 0 Å². The molecule has 0 saturated carbocycles. The van der Waals surface area contributed by atoms with Gasteiger partial charge in [-0.2, -0.15) is 0 Å². The minimum Gasteiger partial charge on any atom is -0.459 e. The Kier molecular flexibility index (Phi) is 7.02. The summed E-state index contributed by atoms with van der Waals surface area (Å²) in [5.74, 6) is -0.379. The number of hydrogen-bond donors (Lipinski definition) is 3. The van der Waals surface area contributed by atoms with E-state index < -0.39 is 5.91 Å². The molecule has 0 spiro atoms. The Balaban J connectivity index is 1.40. The molecule has 0 radical (unpaired) electrons. The van der Waals surface area contributed by atoms with E-state index in [0.717, 1.165) is 22.6 Å². The zero-order valence-corrected chi connectivity index (χ0v) is 16.6. The predicted molar refractivity (Wildman–Crippen MR) is 108 cm³/mol. The third-order valence-corrected chi connectivity index (χ3v) is 5.05. The van der Waals surface area contributed by atoms with Crippen molar-refractivity contribution >= 4 is 23.4 Å².